The summed E-state index contributed by atoms with van der Waals surface area (Å²) in [6, 6.07) is 12.9. The smallest absolute Gasteiger partial charge is 0.329 e. The highest BCUT2D eigenvalue weighted by atomic mass is 28.4. The molecule has 0 spiro atoms. The van der Waals surface area contributed by atoms with Gasteiger partial charge in [-0.2, -0.15) is 0 Å². The topological polar surface area (TPSA) is 177 Å². The Hall–Kier alpha value is -3.64. The van der Waals surface area contributed by atoms with Crippen molar-refractivity contribution in [2.45, 2.75) is 212 Å². The van der Waals surface area contributed by atoms with E-state index in [4.69, 9.17) is 32.8 Å². The zero-order valence-corrected chi connectivity index (χ0v) is 49.3. The molecule has 76 heavy (non-hydrogen) atoms. The van der Waals surface area contributed by atoms with Crippen molar-refractivity contribution in [2.24, 2.45) is 29.6 Å². The molecule has 14 nitrogen and oxygen atoms in total. The molecule has 1 saturated carbocycles. The molecule has 2 saturated heterocycles. The first-order valence-corrected chi connectivity index (χ1v) is 31.2. The van der Waals surface area contributed by atoms with Crippen LogP contribution in [0.2, 0.25) is 18.1 Å². The molecule has 3 fully saturated rings. The third kappa shape index (κ3) is 14.6. The van der Waals surface area contributed by atoms with Gasteiger partial charge in [-0.3, -0.25) is 14.4 Å². The maximum atomic E-state index is 15.1. The van der Waals surface area contributed by atoms with Crippen LogP contribution < -0.4 is 0 Å². The number of Topliss-reactive ketones (excluding diaryl/α,β-unsaturated/α-hetero) is 2. The third-order valence-electron chi connectivity index (χ3n) is 17.7. The number of rotatable bonds is 12. The van der Waals surface area contributed by atoms with E-state index in [0.29, 0.717) is 44.9 Å². The second-order valence-electron chi connectivity index (χ2n) is 24.4. The molecule has 15 heteroatoms. The minimum absolute atomic E-state index is 0.00420. The second-order valence-corrected chi connectivity index (χ2v) is 29.2. The van der Waals surface area contributed by atoms with Gasteiger partial charge >= 0.3 is 5.97 Å². The fraction of sp³-hybridized carbons (Fsp3) is 0.705. The minimum Gasteiger partial charge on any atom is -0.456 e. The van der Waals surface area contributed by atoms with Gasteiger partial charge in [-0.1, -0.05) is 103 Å². The first kappa shape index (κ1) is 61.6. The molecule has 15 unspecified atom stereocenters. The van der Waals surface area contributed by atoms with Crippen LogP contribution in [0.3, 0.4) is 0 Å². The molecule has 15 atom stereocenters. The number of ketones is 2. The van der Waals surface area contributed by atoms with E-state index in [0.717, 1.165) is 33.9 Å². The number of amides is 1. The number of hydrogen-bond acceptors (Lipinski definition) is 13. The van der Waals surface area contributed by atoms with Crippen LogP contribution in [0.4, 0.5) is 0 Å². The maximum Gasteiger partial charge on any atom is 0.329 e. The monoisotopic (exact) mass is 1080 g/mol. The summed E-state index contributed by atoms with van der Waals surface area (Å²) in [6.45, 7) is 22.8. The zero-order chi connectivity index (χ0) is 55.9. The average molecular weight is 1080 g/mol. The second kappa shape index (κ2) is 26.5. The number of nitrogens with zero attached hydrogens (tertiary/aromatic N) is 1. The summed E-state index contributed by atoms with van der Waals surface area (Å²) in [5.41, 5.74) is 2.60. The standard InChI is InChI=1S/C61H93NO13Si/c1-15-43-29-37(2)28-38(3)30-53(70-11)56-54(71-12)32-40(5)61(68,74-56)57(65)58(66)62-27-19-18-22-47(62)59(67)73-55(41(6)51(35-48(43)63)75-76(13,14)60(7,8)9)39(4)31-42-23-26-50(52(33-42)69-10)72-36-49(64)46-25-24-44-20-16-17-21-45(44)34-46/h16-17,20-21,24-25,29,31,34,38,40-43,47,49-56,64,68H,15,18-19,22-23,26-28,30,32-33,35-36H2,1-14H3/b37-29+,39-31?. The lowest BCUT2D eigenvalue weighted by atomic mass is 9.81. The van der Waals surface area contributed by atoms with Crippen molar-refractivity contribution in [3.05, 3.63) is 71.3 Å². The summed E-state index contributed by atoms with van der Waals surface area (Å²) in [6.07, 6.45) is 4.69. The quantitative estimate of drug-likeness (QED) is 0.0889. The normalized spacial score (nSPS) is 34.7. The number of esters is 1. The summed E-state index contributed by atoms with van der Waals surface area (Å²) in [5.74, 6) is -7.03. The summed E-state index contributed by atoms with van der Waals surface area (Å²) in [5, 5.41) is 25.5. The lowest BCUT2D eigenvalue weighted by Crippen LogP contribution is -2.64. The zero-order valence-electron chi connectivity index (χ0n) is 48.3. The number of methoxy groups -OCH3 is 3. The van der Waals surface area contributed by atoms with E-state index in [1.165, 1.54) is 4.90 Å². The highest BCUT2D eigenvalue weighted by Gasteiger charge is 2.57. The molecule has 0 radical (unpaired) electrons. The van der Waals surface area contributed by atoms with E-state index in [-0.39, 0.29) is 67.3 Å². The molecule has 3 aliphatic heterocycles. The number of fused-ring (bicyclic) bond motifs is 4. The summed E-state index contributed by atoms with van der Waals surface area (Å²) in [7, 11) is 2.21. The SMILES string of the molecule is CCC1/C=C(\C)CC(C)CC(OC)C2OC(O)(C(=O)C(=O)N3CCCCC3C(=O)OC(C(C)=CC3CCC(OCC(O)c4ccc5ccccc5c4)C(OC)C3)C(C)C(O[Si](C)(C)C(C)(C)C)CC1=O)C(C)CC2OC. The highest BCUT2D eigenvalue weighted by Crippen LogP contribution is 2.42. The molecular formula is C61H93NO13Si. The molecule has 3 heterocycles. The fourth-order valence-corrected chi connectivity index (χ4v) is 13.4. The van der Waals surface area contributed by atoms with E-state index in [9.17, 15) is 24.6 Å². The number of hydrogen-bond donors (Lipinski definition) is 2. The van der Waals surface area contributed by atoms with Gasteiger partial charge in [0.2, 0.25) is 5.79 Å². The summed E-state index contributed by atoms with van der Waals surface area (Å²) >= 11 is 0. The van der Waals surface area contributed by atoms with Crippen molar-refractivity contribution >= 4 is 42.5 Å². The van der Waals surface area contributed by atoms with Crippen molar-refractivity contribution in [1.82, 2.24) is 4.90 Å². The van der Waals surface area contributed by atoms with E-state index in [1.54, 1.807) is 28.3 Å². The largest absolute Gasteiger partial charge is 0.456 e. The van der Waals surface area contributed by atoms with Gasteiger partial charge in [-0.15, -0.1) is 0 Å². The van der Waals surface area contributed by atoms with Crippen molar-refractivity contribution in [2.75, 3.05) is 34.5 Å². The first-order valence-electron chi connectivity index (χ1n) is 28.2. The van der Waals surface area contributed by atoms with Crippen LogP contribution in [-0.4, -0.2) is 136 Å². The van der Waals surface area contributed by atoms with Crippen LogP contribution in [0.1, 0.15) is 145 Å². The third-order valence-corrected chi connectivity index (χ3v) is 22.2. The van der Waals surface area contributed by atoms with Gasteiger partial charge in [0.05, 0.1) is 37.1 Å². The Morgan fingerprint density at radius 3 is 2.20 bits per heavy atom. The van der Waals surface area contributed by atoms with Crippen molar-refractivity contribution in [1.29, 1.82) is 0 Å². The molecule has 4 aliphatic rings. The molecule has 2 bridgehead atoms. The molecule has 6 rings (SSSR count). The number of carbonyl (C=O) groups is 4. The Labute approximate surface area is 455 Å². The van der Waals surface area contributed by atoms with E-state index in [2.05, 4.69) is 52.9 Å². The molecule has 1 amide bonds. The number of aliphatic hydroxyl groups excluding tert-OH is 1. The summed E-state index contributed by atoms with van der Waals surface area (Å²) in [4.78, 5) is 60.4. The average Bonchev–Trinajstić information content (AvgIpc) is 3.39. The van der Waals surface area contributed by atoms with Gasteiger partial charge in [-0.05, 0) is 136 Å². The number of ether oxygens (including phenoxy) is 6. The van der Waals surface area contributed by atoms with Gasteiger partial charge in [0.1, 0.15) is 30.1 Å². The first-order chi connectivity index (χ1) is 35.9. The number of piperidine rings is 1. The molecule has 0 aromatic heterocycles. The Morgan fingerprint density at radius 1 is 0.868 bits per heavy atom. The van der Waals surface area contributed by atoms with Crippen molar-refractivity contribution in [3.8, 4) is 0 Å². The molecule has 424 valence electrons. The lowest BCUT2D eigenvalue weighted by molar-refractivity contribution is -0.302. The number of aliphatic hydroxyl groups is 2. The van der Waals surface area contributed by atoms with Crippen LogP contribution in [0.15, 0.2) is 65.8 Å². The van der Waals surface area contributed by atoms with Crippen LogP contribution in [-0.2, 0) is 52.0 Å². The van der Waals surface area contributed by atoms with Crippen molar-refractivity contribution < 1.29 is 62.2 Å². The number of carbonyl (C=O) groups excluding carboxylic acids is 4. The predicted octanol–water partition coefficient (Wildman–Crippen LogP) is 10.4. The fourth-order valence-electron chi connectivity index (χ4n) is 12.0. The number of benzene rings is 2. The highest BCUT2D eigenvalue weighted by molar-refractivity contribution is 6.74. The Bertz CT molecular complexity index is 2360. The molecule has 2 aromatic carbocycles. The Kier molecular flexibility index (Phi) is 21.5. The maximum absolute atomic E-state index is 15.1. The lowest BCUT2D eigenvalue weighted by Gasteiger charge is -2.47. The van der Waals surface area contributed by atoms with Gasteiger partial charge in [0, 0.05) is 52.0 Å². The van der Waals surface area contributed by atoms with E-state index < -0.39 is 92.2 Å². The van der Waals surface area contributed by atoms with Gasteiger partial charge in [-0.25, -0.2) is 4.79 Å². The van der Waals surface area contributed by atoms with Crippen molar-refractivity contribution in [3.63, 3.8) is 0 Å². The van der Waals surface area contributed by atoms with E-state index in [1.807, 2.05) is 70.2 Å². The number of allylic oxidation sites excluding steroid dienone is 3. The predicted molar refractivity (Wildman–Crippen MR) is 297 cm³/mol. The molecule has 2 aromatic rings. The molecule has 2 N–H and O–H groups in total. The Morgan fingerprint density at radius 2 is 1.54 bits per heavy atom. The number of cyclic esters (lactones) is 1. The summed E-state index contributed by atoms with van der Waals surface area (Å²) < 4.78 is 44.8. The van der Waals surface area contributed by atoms with Crippen LogP contribution in [0.5, 0.6) is 0 Å². The van der Waals surface area contributed by atoms with Gasteiger partial charge in [0.15, 0.2) is 8.32 Å². The molecular weight excluding hydrogens is 983 g/mol. The minimum atomic E-state index is -2.57. The van der Waals surface area contributed by atoms with E-state index >= 15 is 4.79 Å². The Balaban J connectivity index is 1.36. The van der Waals surface area contributed by atoms with Crippen LogP contribution >= 0.6 is 0 Å². The van der Waals surface area contributed by atoms with Crippen LogP contribution in [0.25, 0.3) is 10.8 Å². The van der Waals surface area contributed by atoms with Crippen LogP contribution in [0, 0.1) is 29.6 Å². The molecule has 1 aliphatic carbocycles. The van der Waals surface area contributed by atoms with Gasteiger partial charge in [0.25, 0.3) is 11.7 Å². The van der Waals surface area contributed by atoms with Gasteiger partial charge < -0.3 is 48.0 Å².